The zero-order valence-corrected chi connectivity index (χ0v) is 12.5. The predicted molar refractivity (Wildman–Crippen MR) is 78.1 cm³/mol. The molecule has 0 bridgehead atoms. The quantitative estimate of drug-likeness (QED) is 0.894. The molecule has 2 rings (SSSR count). The number of hydrogen-bond acceptors (Lipinski definition) is 3. The first kappa shape index (κ1) is 15.4. The molecule has 2 N–H and O–H groups in total. The van der Waals surface area contributed by atoms with Crippen molar-refractivity contribution >= 4 is 12.1 Å². The van der Waals surface area contributed by atoms with Crippen molar-refractivity contribution < 1.29 is 19.4 Å². The lowest BCUT2D eigenvalue weighted by molar-refractivity contribution is -0.140. The Morgan fingerprint density at radius 1 is 1.29 bits per heavy atom. The molecule has 0 aliphatic heterocycles. The number of nitrogens with one attached hydrogen (secondary N) is 1. The van der Waals surface area contributed by atoms with Crippen LogP contribution in [0, 0.1) is 5.92 Å². The van der Waals surface area contributed by atoms with Gasteiger partial charge in [0.05, 0.1) is 0 Å². The van der Waals surface area contributed by atoms with E-state index in [-0.39, 0.29) is 11.8 Å². The van der Waals surface area contributed by atoms with Crippen molar-refractivity contribution in [2.24, 2.45) is 5.92 Å². The van der Waals surface area contributed by atoms with Crippen molar-refractivity contribution in [3.63, 3.8) is 0 Å². The zero-order valence-electron chi connectivity index (χ0n) is 12.5. The molecule has 1 amide bonds. The minimum Gasteiger partial charge on any atom is -0.480 e. The summed E-state index contributed by atoms with van der Waals surface area (Å²) in [6, 6.07) is 8.84. The van der Waals surface area contributed by atoms with Crippen LogP contribution < -0.4 is 5.32 Å². The molecule has 0 spiro atoms. The highest BCUT2D eigenvalue weighted by Gasteiger charge is 2.48. The Kier molecular flexibility index (Phi) is 4.21. The maximum atomic E-state index is 11.8. The number of ether oxygens (including phenoxy) is 1. The fourth-order valence-electron chi connectivity index (χ4n) is 2.45. The third-order valence-corrected chi connectivity index (χ3v) is 3.43. The Balaban J connectivity index is 1.99. The second-order valence-electron chi connectivity index (χ2n) is 6.38. The first-order valence-corrected chi connectivity index (χ1v) is 7.05. The normalized spacial score (nSPS) is 22.2. The summed E-state index contributed by atoms with van der Waals surface area (Å²) in [6.07, 6.45) is 0.0742. The van der Waals surface area contributed by atoms with Crippen molar-refractivity contribution in [1.29, 1.82) is 0 Å². The topological polar surface area (TPSA) is 75.6 Å². The van der Waals surface area contributed by atoms with Gasteiger partial charge in [0.25, 0.3) is 0 Å². The van der Waals surface area contributed by atoms with E-state index in [2.05, 4.69) is 5.32 Å². The van der Waals surface area contributed by atoms with Crippen LogP contribution in [0.1, 0.15) is 38.7 Å². The number of carboxylic acid groups (broad SMARTS) is 1. The van der Waals surface area contributed by atoms with Crippen molar-refractivity contribution in [2.75, 3.05) is 0 Å². The van der Waals surface area contributed by atoms with Crippen LogP contribution >= 0.6 is 0 Å². The zero-order chi connectivity index (χ0) is 15.6. The van der Waals surface area contributed by atoms with Crippen molar-refractivity contribution in [3.05, 3.63) is 35.9 Å². The minimum absolute atomic E-state index is 0.0857. The average molecular weight is 291 g/mol. The smallest absolute Gasteiger partial charge is 0.408 e. The van der Waals surface area contributed by atoms with Crippen LogP contribution in [0.5, 0.6) is 0 Å². The summed E-state index contributed by atoms with van der Waals surface area (Å²) in [5.74, 6) is -0.927. The summed E-state index contributed by atoms with van der Waals surface area (Å²) in [5, 5.41) is 11.8. The molecule has 1 saturated carbocycles. The Morgan fingerprint density at radius 3 is 2.43 bits per heavy atom. The number of rotatable bonds is 4. The standard InChI is InChI=1S/C16H21NO4/c1-16(2,3)21-15(20)17-13(14(18)19)12-9-11(12)10-7-5-4-6-8-10/h4-8,11-13H,9H2,1-3H3,(H,17,20)(H,18,19)/t11-,12+,13-/m1/s1. The summed E-state index contributed by atoms with van der Waals surface area (Å²) in [7, 11) is 0. The van der Waals surface area contributed by atoms with Gasteiger partial charge in [0.2, 0.25) is 0 Å². The molecule has 21 heavy (non-hydrogen) atoms. The predicted octanol–water partition coefficient (Wildman–Crippen LogP) is 2.77. The van der Waals surface area contributed by atoms with E-state index in [9.17, 15) is 14.7 Å². The largest absolute Gasteiger partial charge is 0.480 e. The molecule has 1 aliphatic rings. The van der Waals surface area contributed by atoms with Gasteiger partial charge in [-0.05, 0) is 44.6 Å². The lowest BCUT2D eigenvalue weighted by Gasteiger charge is -2.22. The SMILES string of the molecule is CC(C)(C)OC(=O)N[C@@H](C(=O)O)[C@H]1C[C@@H]1c1ccccc1. The van der Waals surface area contributed by atoms with E-state index in [0.29, 0.717) is 0 Å². The highest BCUT2D eigenvalue weighted by molar-refractivity contribution is 5.81. The third-order valence-electron chi connectivity index (χ3n) is 3.43. The van der Waals surface area contributed by atoms with Gasteiger partial charge in [-0.15, -0.1) is 0 Å². The van der Waals surface area contributed by atoms with Crippen molar-refractivity contribution in [3.8, 4) is 0 Å². The molecule has 1 aromatic rings. The van der Waals surface area contributed by atoms with E-state index in [4.69, 9.17) is 4.74 Å². The molecule has 0 unspecified atom stereocenters. The number of amides is 1. The fourth-order valence-corrected chi connectivity index (χ4v) is 2.45. The number of hydrogen-bond donors (Lipinski definition) is 2. The van der Waals surface area contributed by atoms with Crippen LogP contribution in [-0.4, -0.2) is 28.8 Å². The Morgan fingerprint density at radius 2 is 1.90 bits per heavy atom. The van der Waals surface area contributed by atoms with Gasteiger partial charge in [-0.1, -0.05) is 30.3 Å². The van der Waals surface area contributed by atoms with Gasteiger partial charge in [-0.2, -0.15) is 0 Å². The molecule has 0 aromatic heterocycles. The van der Waals surface area contributed by atoms with E-state index >= 15 is 0 Å². The summed E-state index contributed by atoms with van der Waals surface area (Å²) in [4.78, 5) is 23.1. The van der Waals surface area contributed by atoms with E-state index in [1.807, 2.05) is 30.3 Å². The molecular formula is C16H21NO4. The lowest BCUT2D eigenvalue weighted by atomic mass is 10.1. The maximum absolute atomic E-state index is 11.8. The minimum atomic E-state index is -1.02. The highest BCUT2D eigenvalue weighted by Crippen LogP contribution is 2.49. The Hall–Kier alpha value is -2.04. The average Bonchev–Trinajstić information content (AvgIpc) is 3.14. The molecule has 3 atom stereocenters. The van der Waals surface area contributed by atoms with E-state index in [1.165, 1.54) is 0 Å². The molecule has 0 saturated heterocycles. The molecule has 0 heterocycles. The lowest BCUT2D eigenvalue weighted by Crippen LogP contribution is -2.45. The summed E-state index contributed by atoms with van der Waals surface area (Å²) >= 11 is 0. The third kappa shape index (κ3) is 4.21. The summed E-state index contributed by atoms with van der Waals surface area (Å²) < 4.78 is 5.12. The molecule has 0 radical (unpaired) electrons. The number of carbonyl (C=O) groups is 2. The summed E-state index contributed by atoms with van der Waals surface area (Å²) in [6.45, 7) is 5.23. The van der Waals surface area contributed by atoms with Gasteiger partial charge in [0.15, 0.2) is 0 Å². The molecule has 1 fully saturated rings. The number of aliphatic carboxylic acids is 1. The summed E-state index contributed by atoms with van der Waals surface area (Å²) in [5.41, 5.74) is 0.468. The monoisotopic (exact) mass is 291 g/mol. The van der Waals surface area contributed by atoms with E-state index in [0.717, 1.165) is 12.0 Å². The Bertz CT molecular complexity index is 521. The fraction of sp³-hybridized carbons (Fsp3) is 0.500. The number of carboxylic acids is 1. The van der Waals surface area contributed by atoms with Gasteiger partial charge in [0.1, 0.15) is 11.6 Å². The first-order chi connectivity index (χ1) is 9.78. The van der Waals surface area contributed by atoms with Gasteiger partial charge in [0, 0.05) is 0 Å². The van der Waals surface area contributed by atoms with Crippen LogP contribution in [-0.2, 0) is 9.53 Å². The second kappa shape index (κ2) is 5.76. The van der Waals surface area contributed by atoms with E-state index in [1.54, 1.807) is 20.8 Å². The first-order valence-electron chi connectivity index (χ1n) is 7.05. The van der Waals surface area contributed by atoms with Gasteiger partial charge in [-0.3, -0.25) is 0 Å². The maximum Gasteiger partial charge on any atom is 0.408 e. The van der Waals surface area contributed by atoms with Gasteiger partial charge in [-0.25, -0.2) is 9.59 Å². The van der Waals surface area contributed by atoms with Gasteiger partial charge < -0.3 is 15.2 Å². The molecular weight excluding hydrogens is 270 g/mol. The second-order valence-corrected chi connectivity index (χ2v) is 6.38. The number of carbonyl (C=O) groups excluding carboxylic acids is 1. The van der Waals surface area contributed by atoms with Crippen LogP contribution in [0.2, 0.25) is 0 Å². The van der Waals surface area contributed by atoms with Crippen molar-refractivity contribution in [2.45, 2.75) is 44.8 Å². The van der Waals surface area contributed by atoms with Crippen molar-refractivity contribution in [1.82, 2.24) is 5.32 Å². The number of alkyl carbamates (subject to hydrolysis) is 1. The van der Waals surface area contributed by atoms with Crippen LogP contribution in [0.15, 0.2) is 30.3 Å². The Labute approximate surface area is 124 Å². The molecule has 114 valence electrons. The molecule has 5 nitrogen and oxygen atoms in total. The van der Waals surface area contributed by atoms with Crippen LogP contribution in [0.25, 0.3) is 0 Å². The highest BCUT2D eigenvalue weighted by atomic mass is 16.6. The molecule has 5 heteroatoms. The van der Waals surface area contributed by atoms with Crippen LogP contribution in [0.3, 0.4) is 0 Å². The van der Waals surface area contributed by atoms with E-state index < -0.39 is 23.7 Å². The molecule has 1 aromatic carbocycles. The molecule has 1 aliphatic carbocycles. The number of benzene rings is 1. The van der Waals surface area contributed by atoms with Crippen LogP contribution in [0.4, 0.5) is 4.79 Å². The van der Waals surface area contributed by atoms with Gasteiger partial charge >= 0.3 is 12.1 Å².